The van der Waals surface area contributed by atoms with E-state index in [1.54, 1.807) is 0 Å². The minimum atomic E-state index is -1.03. The molecule has 2 bridgehead atoms. The van der Waals surface area contributed by atoms with Crippen LogP contribution in [0.2, 0.25) is 0 Å². The molecule has 3 aliphatic carbocycles. The Balaban J connectivity index is 2.10. The Morgan fingerprint density at radius 2 is 2.21 bits per heavy atom. The maximum Gasteiger partial charge on any atom is 0.331 e. The van der Waals surface area contributed by atoms with Crippen molar-refractivity contribution in [2.75, 3.05) is 6.61 Å². The fraction of sp³-hybridized carbons (Fsp3) is 0.714. The molecule has 2 unspecified atom stereocenters. The number of aliphatic hydroxyl groups is 2. The van der Waals surface area contributed by atoms with Crippen LogP contribution in [-0.4, -0.2) is 40.3 Å². The highest BCUT2D eigenvalue weighted by molar-refractivity contribution is 5.88. The van der Waals surface area contributed by atoms with Crippen LogP contribution in [0.15, 0.2) is 11.6 Å². The molecule has 2 saturated carbocycles. The predicted molar refractivity (Wildman–Crippen MR) is 65.1 cm³/mol. The highest BCUT2D eigenvalue weighted by Crippen LogP contribution is 2.66. The van der Waals surface area contributed by atoms with Gasteiger partial charge >= 0.3 is 5.97 Å². The van der Waals surface area contributed by atoms with Crippen molar-refractivity contribution in [1.82, 2.24) is 0 Å². The summed E-state index contributed by atoms with van der Waals surface area (Å²) in [4.78, 5) is 22.6. The molecule has 0 saturated heterocycles. The van der Waals surface area contributed by atoms with Gasteiger partial charge in [-0.2, -0.15) is 0 Å². The van der Waals surface area contributed by atoms with E-state index in [9.17, 15) is 24.9 Å². The van der Waals surface area contributed by atoms with Gasteiger partial charge in [-0.05, 0) is 43.1 Å². The van der Waals surface area contributed by atoms with Crippen molar-refractivity contribution in [3.8, 4) is 0 Å². The molecule has 2 fully saturated rings. The summed E-state index contributed by atoms with van der Waals surface area (Å²) >= 11 is 0. The van der Waals surface area contributed by atoms with Crippen molar-refractivity contribution in [2.45, 2.75) is 25.4 Å². The van der Waals surface area contributed by atoms with Crippen LogP contribution in [0.3, 0.4) is 0 Å². The molecule has 6 atom stereocenters. The summed E-state index contributed by atoms with van der Waals surface area (Å²) < 4.78 is 0. The van der Waals surface area contributed by atoms with Gasteiger partial charge in [-0.25, -0.2) is 4.79 Å². The Morgan fingerprint density at radius 3 is 2.79 bits per heavy atom. The van der Waals surface area contributed by atoms with E-state index in [0.717, 1.165) is 19.1 Å². The average Bonchev–Trinajstić information content (AvgIpc) is 2.85. The zero-order valence-corrected chi connectivity index (χ0v) is 10.5. The number of hydrogen-bond acceptors (Lipinski definition) is 4. The Morgan fingerprint density at radius 1 is 1.47 bits per heavy atom. The van der Waals surface area contributed by atoms with Gasteiger partial charge in [0.15, 0.2) is 0 Å². The van der Waals surface area contributed by atoms with Crippen LogP contribution < -0.4 is 0 Å². The van der Waals surface area contributed by atoms with Crippen LogP contribution in [0.4, 0.5) is 0 Å². The number of aliphatic carboxylic acids is 1. The molecule has 0 aromatic carbocycles. The van der Waals surface area contributed by atoms with E-state index in [0.29, 0.717) is 6.42 Å². The molecular formula is C14H18O5. The molecule has 3 N–H and O–H groups in total. The smallest absolute Gasteiger partial charge is 0.331 e. The first-order valence-electron chi connectivity index (χ1n) is 6.75. The topological polar surface area (TPSA) is 94.8 Å². The van der Waals surface area contributed by atoms with Gasteiger partial charge in [0.25, 0.3) is 0 Å². The standard InChI is InChI=1S/C14H18O5/c15-5-7-1-2-11-10(6-16)9-4-14(7,11)12(17)3-8(9)13(18)19/h3,5,7,9-12,16-17H,1-2,4,6H2,(H,18,19)/t7-,9?,10+,11-,12-,14?/m0/s1. The molecule has 3 aliphatic rings. The van der Waals surface area contributed by atoms with Gasteiger partial charge in [0.05, 0.1) is 6.10 Å². The van der Waals surface area contributed by atoms with Crippen LogP contribution in [0.1, 0.15) is 19.3 Å². The lowest BCUT2D eigenvalue weighted by molar-refractivity contribution is -0.133. The van der Waals surface area contributed by atoms with Crippen LogP contribution in [0.5, 0.6) is 0 Å². The first-order valence-corrected chi connectivity index (χ1v) is 6.75. The summed E-state index contributed by atoms with van der Waals surface area (Å²) in [7, 11) is 0. The second-order valence-corrected chi connectivity index (χ2v) is 6.07. The van der Waals surface area contributed by atoms with E-state index in [2.05, 4.69) is 0 Å². The minimum Gasteiger partial charge on any atom is -0.478 e. The summed E-state index contributed by atoms with van der Waals surface area (Å²) in [5, 5.41) is 29.3. The van der Waals surface area contributed by atoms with Crippen molar-refractivity contribution in [1.29, 1.82) is 0 Å². The lowest BCUT2D eigenvalue weighted by Crippen LogP contribution is -2.43. The van der Waals surface area contributed by atoms with E-state index in [4.69, 9.17) is 0 Å². The molecule has 0 aliphatic heterocycles. The van der Waals surface area contributed by atoms with Crippen molar-refractivity contribution < 1.29 is 24.9 Å². The first kappa shape index (κ1) is 12.8. The molecule has 0 aromatic heterocycles. The molecule has 0 radical (unpaired) electrons. The van der Waals surface area contributed by atoms with Gasteiger partial charge in [0, 0.05) is 23.5 Å². The van der Waals surface area contributed by atoms with Gasteiger partial charge in [0.2, 0.25) is 0 Å². The third-order valence-electron chi connectivity index (χ3n) is 5.69. The summed E-state index contributed by atoms with van der Waals surface area (Å²) in [5.41, 5.74) is -0.338. The number of carboxylic acid groups (broad SMARTS) is 1. The maximum absolute atomic E-state index is 11.3. The number of carboxylic acids is 1. The Bertz CT molecular complexity index is 457. The number of rotatable bonds is 3. The maximum atomic E-state index is 11.3. The molecule has 19 heavy (non-hydrogen) atoms. The zero-order valence-electron chi connectivity index (χ0n) is 10.5. The fourth-order valence-corrected chi connectivity index (χ4v) is 4.93. The van der Waals surface area contributed by atoms with Crippen molar-refractivity contribution in [3.05, 3.63) is 11.6 Å². The molecule has 104 valence electrons. The van der Waals surface area contributed by atoms with Gasteiger partial charge in [0.1, 0.15) is 6.29 Å². The molecule has 3 rings (SSSR count). The Kier molecular flexibility index (Phi) is 2.80. The Labute approximate surface area is 110 Å². The van der Waals surface area contributed by atoms with Crippen LogP contribution >= 0.6 is 0 Å². The average molecular weight is 266 g/mol. The molecule has 0 aromatic rings. The number of aldehydes is 1. The van der Waals surface area contributed by atoms with E-state index in [1.807, 2.05) is 0 Å². The number of aliphatic hydroxyl groups excluding tert-OH is 2. The molecule has 5 heteroatoms. The number of hydrogen-bond donors (Lipinski definition) is 3. The first-order chi connectivity index (χ1) is 9.06. The second-order valence-electron chi connectivity index (χ2n) is 6.07. The molecule has 5 nitrogen and oxygen atoms in total. The Hall–Kier alpha value is -1.20. The van der Waals surface area contributed by atoms with Crippen LogP contribution in [0, 0.1) is 29.1 Å². The quantitative estimate of drug-likeness (QED) is 0.635. The lowest BCUT2D eigenvalue weighted by Gasteiger charge is -2.39. The van der Waals surface area contributed by atoms with Gasteiger partial charge in [-0.3, -0.25) is 0 Å². The van der Waals surface area contributed by atoms with Gasteiger partial charge in [-0.1, -0.05) is 0 Å². The van der Waals surface area contributed by atoms with Crippen molar-refractivity contribution >= 4 is 12.3 Å². The van der Waals surface area contributed by atoms with E-state index >= 15 is 0 Å². The summed E-state index contributed by atoms with van der Waals surface area (Å²) in [6.07, 6.45) is 3.42. The van der Waals surface area contributed by atoms with Gasteiger partial charge < -0.3 is 20.1 Å². The number of fused-ring (bicyclic) bond motifs is 1. The number of carbonyl (C=O) groups excluding carboxylic acids is 1. The molecule has 1 spiro atoms. The predicted octanol–water partition coefficient (Wildman–Crippen LogP) is 0.212. The SMILES string of the molecule is O=C[C@@H]1CC[C@H]2[C@H](CO)C3CC12[C@@H](O)C=C3C(=O)O. The highest BCUT2D eigenvalue weighted by atomic mass is 16.4. The highest BCUT2D eigenvalue weighted by Gasteiger charge is 2.65. The zero-order chi connectivity index (χ0) is 13.8. The summed E-state index contributed by atoms with van der Waals surface area (Å²) in [6.45, 7) is -0.0833. The largest absolute Gasteiger partial charge is 0.478 e. The van der Waals surface area contributed by atoms with E-state index in [1.165, 1.54) is 6.08 Å². The minimum absolute atomic E-state index is 0.0424. The monoisotopic (exact) mass is 266 g/mol. The normalized spacial score (nSPS) is 47.7. The van der Waals surface area contributed by atoms with Crippen LogP contribution in [-0.2, 0) is 9.59 Å². The molecule has 0 amide bonds. The second kappa shape index (κ2) is 4.15. The van der Waals surface area contributed by atoms with E-state index in [-0.39, 0.29) is 35.9 Å². The summed E-state index contributed by atoms with van der Waals surface area (Å²) in [6, 6.07) is 0. The fourth-order valence-electron chi connectivity index (χ4n) is 4.93. The van der Waals surface area contributed by atoms with Gasteiger partial charge in [-0.15, -0.1) is 0 Å². The summed E-state index contributed by atoms with van der Waals surface area (Å²) in [5.74, 6) is -1.60. The molecular weight excluding hydrogens is 248 g/mol. The van der Waals surface area contributed by atoms with E-state index < -0.39 is 17.5 Å². The third-order valence-corrected chi connectivity index (χ3v) is 5.69. The van der Waals surface area contributed by atoms with Crippen molar-refractivity contribution in [3.63, 3.8) is 0 Å². The lowest BCUT2D eigenvalue weighted by atomic mass is 9.66. The number of carbonyl (C=O) groups is 2. The van der Waals surface area contributed by atoms with Crippen molar-refractivity contribution in [2.24, 2.45) is 29.1 Å². The van der Waals surface area contributed by atoms with Crippen LogP contribution in [0.25, 0.3) is 0 Å². The molecule has 0 heterocycles. The third kappa shape index (κ3) is 1.43.